The zero-order valence-electron chi connectivity index (χ0n) is 11.4. The number of hydrogen-bond acceptors (Lipinski definition) is 3. The number of carbonyl (C=O) groups excluding carboxylic acids is 1. The van der Waals surface area contributed by atoms with Gasteiger partial charge >= 0.3 is 5.97 Å². The highest BCUT2D eigenvalue weighted by Gasteiger charge is 2.32. The van der Waals surface area contributed by atoms with Crippen molar-refractivity contribution in [3.63, 3.8) is 0 Å². The molecule has 4 heteroatoms. The standard InChI is InChI=1S/C15H18O4/c1-4-10-5-11-6-12(19-7-13(16)17)8(2)9(3)14(11)15(10)18/h6,10H,4-5,7H2,1-3H3,(H,16,17)/t10-/m0/s1. The van der Waals surface area contributed by atoms with Crippen LogP contribution in [0.15, 0.2) is 6.07 Å². The molecule has 0 heterocycles. The number of carbonyl (C=O) groups is 2. The SMILES string of the molecule is CC[C@H]1Cc2cc(OCC(=O)O)c(C)c(C)c2C1=O. The van der Waals surface area contributed by atoms with Crippen LogP contribution >= 0.6 is 0 Å². The number of Topliss-reactive ketones (excluding diaryl/α,β-unsaturated/α-hetero) is 1. The number of hydrogen-bond donors (Lipinski definition) is 1. The maximum Gasteiger partial charge on any atom is 0.341 e. The highest BCUT2D eigenvalue weighted by atomic mass is 16.5. The first-order valence-electron chi connectivity index (χ1n) is 6.47. The molecule has 0 bridgehead atoms. The predicted octanol–water partition coefficient (Wildman–Crippen LogP) is 2.53. The molecule has 2 rings (SSSR count). The molecule has 19 heavy (non-hydrogen) atoms. The monoisotopic (exact) mass is 262 g/mol. The Labute approximate surface area is 112 Å². The third kappa shape index (κ3) is 2.35. The summed E-state index contributed by atoms with van der Waals surface area (Å²) in [5.41, 5.74) is 3.57. The summed E-state index contributed by atoms with van der Waals surface area (Å²) in [7, 11) is 0. The van der Waals surface area contributed by atoms with Gasteiger partial charge in [0.25, 0.3) is 0 Å². The number of benzene rings is 1. The number of rotatable bonds is 4. The maximum absolute atomic E-state index is 12.2. The van der Waals surface area contributed by atoms with Gasteiger partial charge < -0.3 is 9.84 Å². The Balaban J connectivity index is 2.40. The molecule has 0 amide bonds. The lowest BCUT2D eigenvalue weighted by Crippen LogP contribution is -2.11. The molecule has 1 aromatic rings. The van der Waals surface area contributed by atoms with Crippen molar-refractivity contribution in [1.29, 1.82) is 0 Å². The van der Waals surface area contributed by atoms with Crippen LogP contribution in [0.3, 0.4) is 0 Å². The van der Waals surface area contributed by atoms with Crippen molar-refractivity contribution in [2.45, 2.75) is 33.6 Å². The van der Waals surface area contributed by atoms with Gasteiger partial charge in [-0.2, -0.15) is 0 Å². The molecule has 0 aromatic heterocycles. The van der Waals surface area contributed by atoms with E-state index in [4.69, 9.17) is 9.84 Å². The number of carboxylic acids is 1. The molecule has 1 atom stereocenters. The molecule has 0 saturated heterocycles. The molecule has 0 fully saturated rings. The van der Waals surface area contributed by atoms with E-state index in [-0.39, 0.29) is 18.3 Å². The van der Waals surface area contributed by atoms with Crippen molar-refractivity contribution in [1.82, 2.24) is 0 Å². The molecule has 102 valence electrons. The van der Waals surface area contributed by atoms with E-state index in [2.05, 4.69) is 0 Å². The third-order valence-electron chi connectivity index (χ3n) is 3.86. The molecule has 1 N–H and O–H groups in total. The fraction of sp³-hybridized carbons (Fsp3) is 0.467. The quantitative estimate of drug-likeness (QED) is 0.905. The molecule has 4 nitrogen and oxygen atoms in total. The number of fused-ring (bicyclic) bond motifs is 1. The van der Waals surface area contributed by atoms with Crippen LogP contribution in [-0.4, -0.2) is 23.5 Å². The van der Waals surface area contributed by atoms with Crippen molar-refractivity contribution in [2.24, 2.45) is 5.92 Å². The molecule has 1 aliphatic carbocycles. The van der Waals surface area contributed by atoms with Crippen LogP contribution in [0.5, 0.6) is 5.75 Å². The number of ketones is 1. The van der Waals surface area contributed by atoms with Crippen LogP contribution in [0.25, 0.3) is 0 Å². The Morgan fingerprint density at radius 1 is 1.42 bits per heavy atom. The van der Waals surface area contributed by atoms with Crippen LogP contribution in [0.2, 0.25) is 0 Å². The lowest BCUT2D eigenvalue weighted by atomic mass is 9.97. The number of ether oxygens (including phenoxy) is 1. The Morgan fingerprint density at radius 3 is 2.68 bits per heavy atom. The van der Waals surface area contributed by atoms with E-state index in [9.17, 15) is 9.59 Å². The molecule has 1 aliphatic rings. The Bertz CT molecular complexity index is 546. The van der Waals surface area contributed by atoms with E-state index in [0.29, 0.717) is 5.75 Å². The molecule has 1 aromatic carbocycles. The first-order valence-corrected chi connectivity index (χ1v) is 6.47. The zero-order valence-corrected chi connectivity index (χ0v) is 11.4. The number of carboxylic acid groups (broad SMARTS) is 1. The van der Waals surface area contributed by atoms with Crippen molar-refractivity contribution < 1.29 is 19.4 Å². The molecular weight excluding hydrogens is 244 g/mol. The van der Waals surface area contributed by atoms with Gasteiger partial charge in [-0.15, -0.1) is 0 Å². The van der Waals surface area contributed by atoms with Crippen molar-refractivity contribution in [2.75, 3.05) is 6.61 Å². The molecule has 0 saturated carbocycles. The highest BCUT2D eigenvalue weighted by molar-refractivity contribution is 6.04. The van der Waals surface area contributed by atoms with E-state index in [0.717, 1.165) is 35.1 Å². The van der Waals surface area contributed by atoms with Gasteiger partial charge in [0.2, 0.25) is 0 Å². The average Bonchev–Trinajstić information content (AvgIpc) is 2.68. The summed E-state index contributed by atoms with van der Waals surface area (Å²) in [6, 6.07) is 1.83. The molecule has 0 spiro atoms. The molecule has 0 unspecified atom stereocenters. The minimum atomic E-state index is -1.000. The Morgan fingerprint density at radius 2 is 2.11 bits per heavy atom. The summed E-state index contributed by atoms with van der Waals surface area (Å²) in [5, 5.41) is 8.67. The molecular formula is C15H18O4. The van der Waals surface area contributed by atoms with Gasteiger partial charge in [-0.3, -0.25) is 4.79 Å². The van der Waals surface area contributed by atoms with Crippen molar-refractivity contribution in [3.05, 3.63) is 28.3 Å². The second kappa shape index (κ2) is 5.03. The van der Waals surface area contributed by atoms with Crippen molar-refractivity contribution >= 4 is 11.8 Å². The summed E-state index contributed by atoms with van der Waals surface area (Å²) >= 11 is 0. The van der Waals surface area contributed by atoms with E-state index >= 15 is 0 Å². The first kappa shape index (κ1) is 13.6. The third-order valence-corrected chi connectivity index (χ3v) is 3.86. The molecule has 0 aliphatic heterocycles. The largest absolute Gasteiger partial charge is 0.482 e. The van der Waals surface area contributed by atoms with Crippen LogP contribution in [-0.2, 0) is 11.2 Å². The smallest absolute Gasteiger partial charge is 0.341 e. The van der Waals surface area contributed by atoms with Crippen LogP contribution < -0.4 is 4.74 Å². The van der Waals surface area contributed by atoms with Crippen LogP contribution in [0, 0.1) is 19.8 Å². The summed E-state index contributed by atoms with van der Waals surface area (Å²) < 4.78 is 5.30. The minimum absolute atomic E-state index is 0.0582. The van der Waals surface area contributed by atoms with Gasteiger partial charge in [-0.05, 0) is 49.4 Å². The first-order chi connectivity index (χ1) is 8.95. The van der Waals surface area contributed by atoms with Crippen LogP contribution in [0.1, 0.15) is 40.4 Å². The fourth-order valence-corrected chi connectivity index (χ4v) is 2.64. The number of aliphatic carboxylic acids is 1. The van der Waals surface area contributed by atoms with Gasteiger partial charge in [0.1, 0.15) is 5.75 Å². The lowest BCUT2D eigenvalue weighted by molar-refractivity contribution is -0.139. The van der Waals surface area contributed by atoms with Gasteiger partial charge in [-0.25, -0.2) is 4.79 Å². The van der Waals surface area contributed by atoms with Gasteiger partial charge in [0.15, 0.2) is 12.4 Å². The fourth-order valence-electron chi connectivity index (χ4n) is 2.64. The van der Waals surface area contributed by atoms with Gasteiger partial charge in [-0.1, -0.05) is 6.92 Å². The van der Waals surface area contributed by atoms with E-state index < -0.39 is 5.97 Å². The highest BCUT2D eigenvalue weighted by Crippen LogP contribution is 2.36. The van der Waals surface area contributed by atoms with E-state index in [1.54, 1.807) is 0 Å². The molecule has 0 radical (unpaired) electrons. The Hall–Kier alpha value is -1.84. The lowest BCUT2D eigenvalue weighted by Gasteiger charge is -2.13. The van der Waals surface area contributed by atoms with Gasteiger partial charge in [0.05, 0.1) is 0 Å². The zero-order chi connectivity index (χ0) is 14.2. The summed E-state index contributed by atoms with van der Waals surface area (Å²) in [5.74, 6) is -0.158. The van der Waals surface area contributed by atoms with E-state index in [1.807, 2.05) is 26.8 Å². The summed E-state index contributed by atoms with van der Waals surface area (Å²) in [6.07, 6.45) is 1.56. The normalized spacial score (nSPS) is 17.4. The van der Waals surface area contributed by atoms with Gasteiger partial charge in [0, 0.05) is 11.5 Å². The summed E-state index contributed by atoms with van der Waals surface area (Å²) in [4.78, 5) is 22.8. The Kier molecular flexibility index (Phi) is 3.60. The maximum atomic E-state index is 12.2. The predicted molar refractivity (Wildman–Crippen MR) is 70.9 cm³/mol. The second-order valence-electron chi connectivity index (χ2n) is 5.01. The second-order valence-corrected chi connectivity index (χ2v) is 5.01. The van der Waals surface area contributed by atoms with Crippen molar-refractivity contribution in [3.8, 4) is 5.75 Å². The van der Waals surface area contributed by atoms with Crippen LogP contribution in [0.4, 0.5) is 0 Å². The summed E-state index contributed by atoms with van der Waals surface area (Å²) in [6.45, 7) is 5.42. The minimum Gasteiger partial charge on any atom is -0.482 e. The topological polar surface area (TPSA) is 63.6 Å². The average molecular weight is 262 g/mol. The van der Waals surface area contributed by atoms with E-state index in [1.165, 1.54) is 0 Å².